The quantitative estimate of drug-likeness (QED) is 0.216. The smallest absolute Gasteiger partial charge is 0.514 e. The van der Waals surface area contributed by atoms with Gasteiger partial charge in [-0.05, 0) is 50.1 Å². The first-order valence-electron chi connectivity index (χ1n) is 10.8. The first kappa shape index (κ1) is 23.7. The van der Waals surface area contributed by atoms with Gasteiger partial charge in [-0.3, -0.25) is 0 Å². The topological polar surface area (TPSA) is 45.4 Å². The molecule has 4 heterocycles. The van der Waals surface area contributed by atoms with Gasteiger partial charge in [0, 0.05) is 17.2 Å². The minimum atomic E-state index is 0. The molecule has 6 rings (SSSR count). The monoisotopic (exact) mass is 624 g/mol. The predicted molar refractivity (Wildman–Crippen MR) is 132 cm³/mol. The van der Waals surface area contributed by atoms with Crippen molar-refractivity contribution < 1.29 is 24.5 Å². The first-order valence-corrected chi connectivity index (χ1v) is 10.8. The van der Waals surface area contributed by atoms with Crippen molar-refractivity contribution in [3.8, 4) is 11.3 Å². The van der Waals surface area contributed by atoms with Crippen LogP contribution < -0.4 is 4.90 Å². The van der Waals surface area contributed by atoms with Crippen LogP contribution in [0.25, 0.3) is 33.2 Å². The van der Waals surface area contributed by atoms with E-state index in [1.807, 2.05) is 48.7 Å². The van der Waals surface area contributed by atoms with E-state index in [0.29, 0.717) is 6.04 Å². The number of fused-ring (bicyclic) bond motifs is 3. The second-order valence-electron chi connectivity index (χ2n) is 7.90. The normalized spacial score (nSPS) is 12.7. The molecule has 3 aromatic heterocycles. The molecule has 0 amide bonds. The van der Waals surface area contributed by atoms with Crippen molar-refractivity contribution >= 4 is 27.6 Å². The second kappa shape index (κ2) is 10.6. The number of hydrogen-bond acceptors (Lipinski definition) is 5. The summed E-state index contributed by atoms with van der Waals surface area (Å²) >= 11 is 0. The van der Waals surface area contributed by atoms with E-state index in [9.17, 15) is 0 Å². The van der Waals surface area contributed by atoms with Gasteiger partial charge in [0.05, 0.1) is 0 Å². The van der Waals surface area contributed by atoms with E-state index in [0.717, 1.165) is 38.9 Å². The maximum atomic E-state index is 6.05. The number of rotatable bonds is 3. The van der Waals surface area contributed by atoms with Crippen LogP contribution in [0.15, 0.2) is 96.1 Å². The molecule has 170 valence electrons. The summed E-state index contributed by atoms with van der Waals surface area (Å²) in [6.45, 7) is 6.40. The molecular weight excluding hydrogens is 601 g/mol. The average Bonchev–Trinajstić information content (AvgIpc) is 3.51. The van der Waals surface area contributed by atoms with Crippen LogP contribution in [-0.2, 0) is 20.1 Å². The maximum Gasteiger partial charge on any atom is 3.00 e. The Bertz CT molecular complexity index is 1350. The molecule has 0 unspecified atom stereocenters. The Morgan fingerprint density at radius 2 is 1.76 bits per heavy atom. The Balaban J connectivity index is 0.000000180. The largest absolute Gasteiger partial charge is 3.00 e. The van der Waals surface area contributed by atoms with Crippen LogP contribution in [-0.4, -0.2) is 20.9 Å². The molecule has 2 aromatic carbocycles. The zero-order chi connectivity index (χ0) is 22.6. The number of aromatic nitrogens is 2. The van der Waals surface area contributed by atoms with Crippen molar-refractivity contribution in [3.63, 3.8) is 0 Å². The van der Waals surface area contributed by atoms with Crippen molar-refractivity contribution in [1.82, 2.24) is 14.9 Å². The summed E-state index contributed by atoms with van der Waals surface area (Å²) in [6, 6.07) is 26.5. The van der Waals surface area contributed by atoms with Gasteiger partial charge in [-0.1, -0.05) is 53.8 Å². The van der Waals surface area contributed by atoms with Gasteiger partial charge in [0.15, 0.2) is 0 Å². The minimum absolute atomic E-state index is 0. The number of anilines is 1. The zero-order valence-electron chi connectivity index (χ0n) is 18.8. The van der Waals surface area contributed by atoms with Crippen LogP contribution in [0.4, 0.5) is 5.69 Å². The third-order valence-corrected chi connectivity index (χ3v) is 5.37. The molecule has 0 aliphatic carbocycles. The van der Waals surface area contributed by atoms with E-state index in [1.54, 1.807) is 24.7 Å². The van der Waals surface area contributed by atoms with Crippen molar-refractivity contribution in [2.75, 3.05) is 4.90 Å². The molecule has 0 atom stereocenters. The number of nitrogens with zero attached hydrogens (tertiary/aromatic N) is 4. The molecular formula is C28H23IrN4O. The summed E-state index contributed by atoms with van der Waals surface area (Å²) < 4.78 is 6.05. The fourth-order valence-corrected chi connectivity index (χ4v) is 3.66. The Hall–Kier alpha value is -3.47. The van der Waals surface area contributed by atoms with E-state index >= 15 is 0 Å². The summed E-state index contributed by atoms with van der Waals surface area (Å²) in [4.78, 5) is 12.4. The molecule has 0 bridgehead atoms. The number of pyridine rings is 2. The summed E-state index contributed by atoms with van der Waals surface area (Å²) in [7, 11) is 0. The fourth-order valence-electron chi connectivity index (χ4n) is 3.66. The number of para-hydroxylation sites is 1. The van der Waals surface area contributed by atoms with Gasteiger partial charge >= 0.3 is 20.1 Å². The van der Waals surface area contributed by atoms with E-state index in [-0.39, 0.29) is 20.1 Å². The van der Waals surface area contributed by atoms with Crippen molar-refractivity contribution in [2.45, 2.75) is 19.9 Å². The molecule has 5 aromatic rings. The summed E-state index contributed by atoms with van der Waals surface area (Å²) in [5, 5.41) is 2.27. The van der Waals surface area contributed by atoms with Crippen LogP contribution in [0.1, 0.15) is 13.8 Å². The van der Waals surface area contributed by atoms with E-state index in [2.05, 4.69) is 70.7 Å². The number of hydrogen-bond donors (Lipinski definition) is 0. The summed E-state index contributed by atoms with van der Waals surface area (Å²) in [5.41, 5.74) is 4.58. The van der Waals surface area contributed by atoms with Gasteiger partial charge in [-0.15, -0.1) is 17.7 Å². The van der Waals surface area contributed by atoms with Crippen molar-refractivity contribution in [1.29, 1.82) is 0 Å². The molecule has 0 saturated carbocycles. The van der Waals surface area contributed by atoms with Gasteiger partial charge < -0.3 is 24.2 Å². The zero-order valence-corrected chi connectivity index (χ0v) is 21.2. The Morgan fingerprint density at radius 1 is 0.912 bits per heavy atom. The van der Waals surface area contributed by atoms with Crippen molar-refractivity contribution in [2.24, 2.45) is 0 Å². The Morgan fingerprint density at radius 3 is 2.50 bits per heavy atom. The molecule has 0 fully saturated rings. The van der Waals surface area contributed by atoms with E-state index in [1.165, 1.54) is 0 Å². The van der Waals surface area contributed by atoms with E-state index < -0.39 is 0 Å². The Kier molecular flexibility index (Phi) is 7.41. The van der Waals surface area contributed by atoms with E-state index in [4.69, 9.17) is 4.42 Å². The number of benzene rings is 2. The Labute approximate surface area is 213 Å². The average molecular weight is 624 g/mol. The standard InChI is InChI=1S/C18H16N2O.C10H7N2.Ir/c1-13(2)19-10-11-20(12-19)16-8-5-7-15-14-6-3-4-9-17(14)21-18(15)16;1-2-7-12-10(5-1)9-4-3-6-11-8-9;/h3-7,9-13H,1-2H3;1-3,5-8H;/q-2;-1;+3. The number of furan rings is 1. The third kappa shape index (κ3) is 4.88. The van der Waals surface area contributed by atoms with Crippen molar-refractivity contribution in [3.05, 3.63) is 110 Å². The van der Waals surface area contributed by atoms with Crippen LogP contribution in [0.2, 0.25) is 0 Å². The predicted octanol–water partition coefficient (Wildman–Crippen LogP) is 6.45. The second-order valence-corrected chi connectivity index (χ2v) is 7.90. The summed E-state index contributed by atoms with van der Waals surface area (Å²) in [5.74, 6) is 0. The van der Waals surface area contributed by atoms with Crippen LogP contribution in [0, 0.1) is 18.8 Å². The molecule has 1 aliphatic rings. The van der Waals surface area contributed by atoms with Crippen LogP contribution in [0.3, 0.4) is 0 Å². The van der Waals surface area contributed by atoms with Crippen LogP contribution >= 0.6 is 0 Å². The van der Waals surface area contributed by atoms with Gasteiger partial charge in [-0.25, -0.2) is 0 Å². The van der Waals surface area contributed by atoms with Crippen LogP contribution in [0.5, 0.6) is 0 Å². The summed E-state index contributed by atoms with van der Waals surface area (Å²) in [6.07, 6.45) is 9.32. The third-order valence-electron chi connectivity index (χ3n) is 5.37. The SMILES string of the molecule is CC(C)N1C=CN(c2[c-]ccc3c2oc2ccccc23)[CH-]1.[Ir+3].[c-]1ccncc1-c1ccccn1. The molecule has 0 N–H and O–H groups in total. The van der Waals surface area contributed by atoms with Gasteiger partial charge in [0.1, 0.15) is 5.58 Å². The minimum Gasteiger partial charge on any atom is -0.514 e. The molecule has 1 aliphatic heterocycles. The molecule has 5 nitrogen and oxygen atoms in total. The fraction of sp³-hybridized carbons (Fsp3) is 0.107. The molecule has 0 radical (unpaired) electrons. The molecule has 0 spiro atoms. The van der Waals surface area contributed by atoms with Gasteiger partial charge in [-0.2, -0.15) is 24.9 Å². The van der Waals surface area contributed by atoms with Gasteiger partial charge in [0.2, 0.25) is 0 Å². The van der Waals surface area contributed by atoms with Gasteiger partial charge in [0.25, 0.3) is 0 Å². The maximum absolute atomic E-state index is 6.05. The molecule has 0 saturated heterocycles. The molecule has 34 heavy (non-hydrogen) atoms. The molecule has 6 heteroatoms. The first-order chi connectivity index (χ1) is 16.2.